The van der Waals surface area contributed by atoms with Gasteiger partial charge in [-0.05, 0) is 25.7 Å². The summed E-state index contributed by atoms with van der Waals surface area (Å²) in [5, 5.41) is 18.0. The molecule has 0 saturated carbocycles. The minimum absolute atomic E-state index is 0.165. The van der Waals surface area contributed by atoms with Crippen molar-refractivity contribution in [1.82, 2.24) is 0 Å². The largest absolute Gasteiger partial charge is 0.481 e. The molecule has 0 aliphatic heterocycles. The molecule has 0 aliphatic carbocycles. The average Bonchev–Trinajstić information content (AvgIpc) is 2.68. The van der Waals surface area contributed by atoms with Gasteiger partial charge in [0.2, 0.25) is 0 Å². The first-order chi connectivity index (χ1) is 14.4. The van der Waals surface area contributed by atoms with E-state index in [2.05, 4.69) is 0 Å². The monoisotopic (exact) mass is 428 g/mol. The molecular weight excluding hydrogens is 380 g/mol. The molecule has 0 aromatic carbocycles. The Labute approximate surface area is 184 Å². The van der Waals surface area contributed by atoms with Gasteiger partial charge in [-0.1, -0.05) is 96.3 Å². The quantitative estimate of drug-likeness (QED) is 0.120. The summed E-state index contributed by atoms with van der Waals surface area (Å²) in [5.74, 6) is -1.54. The van der Waals surface area contributed by atoms with Gasteiger partial charge in [0.15, 0.2) is 0 Å². The van der Waals surface area contributed by atoms with Crippen molar-refractivity contribution in [1.29, 1.82) is 0 Å². The fourth-order valence-corrected chi connectivity index (χ4v) is 3.95. The van der Waals surface area contributed by atoms with E-state index in [4.69, 9.17) is 16.6 Å². The lowest BCUT2D eigenvalue weighted by atomic mass is 9.94. The maximum absolute atomic E-state index is 11.5. The van der Waals surface area contributed by atoms with Gasteiger partial charge in [0.05, 0.1) is 12.1 Å². The summed E-state index contributed by atoms with van der Waals surface area (Å²) in [5.41, 5.74) is 11.1. The van der Waals surface area contributed by atoms with Crippen LogP contribution in [-0.4, -0.2) is 28.3 Å². The normalized spacial score (nSPS) is 12.4. The first kappa shape index (κ1) is 28.9. The van der Waals surface area contributed by atoms with Gasteiger partial charge < -0.3 is 21.7 Å². The third-order valence-corrected chi connectivity index (χ3v) is 5.88. The zero-order valence-corrected chi connectivity index (χ0v) is 19.2. The van der Waals surface area contributed by atoms with Crippen LogP contribution >= 0.6 is 0 Å². The van der Waals surface area contributed by atoms with E-state index in [-0.39, 0.29) is 18.5 Å². The highest BCUT2D eigenvalue weighted by atomic mass is 16.4. The molecule has 0 rings (SSSR count). The second-order valence-corrected chi connectivity index (χ2v) is 8.87. The van der Waals surface area contributed by atoms with E-state index in [9.17, 15) is 14.7 Å². The van der Waals surface area contributed by atoms with E-state index in [0.29, 0.717) is 0 Å². The Hall–Kier alpha value is -1.14. The lowest BCUT2D eigenvalue weighted by Gasteiger charge is -2.12. The molecule has 6 N–H and O–H groups in total. The highest BCUT2D eigenvalue weighted by Gasteiger charge is 2.16. The molecule has 0 aromatic heterocycles. The summed E-state index contributed by atoms with van der Waals surface area (Å²) in [6.45, 7) is 0. The fraction of sp³-hybridized carbons (Fsp3) is 0.917. The van der Waals surface area contributed by atoms with Crippen molar-refractivity contribution in [2.24, 2.45) is 17.4 Å². The van der Waals surface area contributed by atoms with Crippen LogP contribution in [0.4, 0.5) is 0 Å². The van der Waals surface area contributed by atoms with E-state index < -0.39 is 11.9 Å². The number of hydrogen-bond donors (Lipinski definition) is 4. The Morgan fingerprint density at radius 2 is 0.867 bits per heavy atom. The molecule has 0 bridgehead atoms. The third-order valence-electron chi connectivity index (χ3n) is 5.88. The molecule has 6 nitrogen and oxygen atoms in total. The van der Waals surface area contributed by atoms with Crippen LogP contribution in [0, 0.1) is 5.92 Å². The molecule has 0 radical (unpaired) electrons. The second kappa shape index (κ2) is 21.1. The smallest absolute Gasteiger partial charge is 0.306 e. The maximum Gasteiger partial charge on any atom is 0.306 e. The van der Waals surface area contributed by atoms with E-state index in [1.54, 1.807) is 0 Å². The summed E-state index contributed by atoms with van der Waals surface area (Å²) in [7, 11) is 0. The standard InChI is InChI=1S/C24H48N2O4/c25-22(26)19-15-11-7-3-1-2-5-9-13-17-21(24(29)30)18-14-10-6-4-8-12-16-20-23(27)28/h21-22H,1-20,25-26H2,(H,27,28)(H,29,30). The maximum atomic E-state index is 11.5. The summed E-state index contributed by atoms with van der Waals surface area (Å²) in [6.07, 6.45) is 20.5. The van der Waals surface area contributed by atoms with Crippen LogP contribution in [0.15, 0.2) is 0 Å². The predicted octanol–water partition coefficient (Wildman–Crippen LogP) is 5.82. The SMILES string of the molecule is NC(N)CCCCCCCCCCCC(CCCCCCCCCC(=O)O)C(=O)O. The van der Waals surface area contributed by atoms with Crippen molar-refractivity contribution in [2.45, 2.75) is 135 Å². The lowest BCUT2D eigenvalue weighted by molar-refractivity contribution is -0.142. The van der Waals surface area contributed by atoms with Gasteiger partial charge in [0, 0.05) is 6.42 Å². The predicted molar refractivity (Wildman–Crippen MR) is 123 cm³/mol. The molecule has 0 spiro atoms. The Bertz CT molecular complexity index is 416. The minimum Gasteiger partial charge on any atom is -0.481 e. The van der Waals surface area contributed by atoms with Gasteiger partial charge in [-0.2, -0.15) is 0 Å². The minimum atomic E-state index is -0.713. The molecule has 0 aromatic rings. The van der Waals surface area contributed by atoms with Gasteiger partial charge in [0.25, 0.3) is 0 Å². The molecule has 0 saturated heterocycles. The van der Waals surface area contributed by atoms with E-state index in [1.807, 2.05) is 0 Å². The third kappa shape index (κ3) is 21.6. The zero-order chi connectivity index (χ0) is 22.5. The van der Waals surface area contributed by atoms with Crippen LogP contribution in [0.2, 0.25) is 0 Å². The number of nitrogens with two attached hydrogens (primary N) is 2. The number of aliphatic carboxylic acids is 2. The van der Waals surface area contributed by atoms with Crippen LogP contribution in [0.1, 0.15) is 128 Å². The number of rotatable bonds is 23. The highest BCUT2D eigenvalue weighted by Crippen LogP contribution is 2.20. The molecule has 1 unspecified atom stereocenters. The molecular formula is C24H48N2O4. The van der Waals surface area contributed by atoms with E-state index in [1.165, 1.54) is 38.5 Å². The molecule has 1 atom stereocenters. The van der Waals surface area contributed by atoms with E-state index in [0.717, 1.165) is 83.5 Å². The van der Waals surface area contributed by atoms with Crippen molar-refractivity contribution >= 4 is 11.9 Å². The molecule has 0 amide bonds. The number of unbranched alkanes of at least 4 members (excludes halogenated alkanes) is 14. The van der Waals surface area contributed by atoms with Gasteiger partial charge >= 0.3 is 11.9 Å². The van der Waals surface area contributed by atoms with Crippen molar-refractivity contribution < 1.29 is 19.8 Å². The number of carboxylic acid groups (broad SMARTS) is 2. The zero-order valence-electron chi connectivity index (χ0n) is 19.2. The molecule has 30 heavy (non-hydrogen) atoms. The summed E-state index contributed by atoms with van der Waals surface area (Å²) < 4.78 is 0. The Kier molecular flexibility index (Phi) is 20.3. The fourth-order valence-electron chi connectivity index (χ4n) is 3.95. The van der Waals surface area contributed by atoms with Crippen molar-refractivity contribution in [3.8, 4) is 0 Å². The van der Waals surface area contributed by atoms with Crippen LogP contribution < -0.4 is 11.5 Å². The number of hydrogen-bond acceptors (Lipinski definition) is 4. The topological polar surface area (TPSA) is 127 Å². The van der Waals surface area contributed by atoms with Gasteiger partial charge in [-0.3, -0.25) is 9.59 Å². The lowest BCUT2D eigenvalue weighted by Crippen LogP contribution is -2.29. The van der Waals surface area contributed by atoms with E-state index >= 15 is 0 Å². The van der Waals surface area contributed by atoms with Crippen molar-refractivity contribution in [3.63, 3.8) is 0 Å². The van der Waals surface area contributed by atoms with Gasteiger partial charge in [-0.25, -0.2) is 0 Å². The number of carbonyl (C=O) groups is 2. The first-order valence-corrected chi connectivity index (χ1v) is 12.4. The summed E-state index contributed by atoms with van der Waals surface area (Å²) in [4.78, 5) is 21.9. The van der Waals surface area contributed by atoms with Crippen LogP contribution in [0.3, 0.4) is 0 Å². The summed E-state index contributed by atoms with van der Waals surface area (Å²) in [6, 6.07) is 0. The molecule has 0 fully saturated rings. The Balaban J connectivity index is 3.48. The molecule has 0 aliphatic rings. The van der Waals surface area contributed by atoms with Crippen LogP contribution in [-0.2, 0) is 9.59 Å². The van der Waals surface area contributed by atoms with Gasteiger partial charge in [-0.15, -0.1) is 0 Å². The van der Waals surface area contributed by atoms with Crippen LogP contribution in [0.25, 0.3) is 0 Å². The molecule has 0 heterocycles. The van der Waals surface area contributed by atoms with Crippen molar-refractivity contribution in [3.05, 3.63) is 0 Å². The molecule has 6 heteroatoms. The Morgan fingerprint density at radius 1 is 0.533 bits per heavy atom. The highest BCUT2D eigenvalue weighted by molar-refractivity contribution is 5.69. The average molecular weight is 429 g/mol. The van der Waals surface area contributed by atoms with Crippen molar-refractivity contribution in [2.75, 3.05) is 0 Å². The Morgan fingerprint density at radius 3 is 1.20 bits per heavy atom. The molecule has 178 valence electrons. The first-order valence-electron chi connectivity index (χ1n) is 12.4. The van der Waals surface area contributed by atoms with Crippen LogP contribution in [0.5, 0.6) is 0 Å². The number of carboxylic acids is 2. The summed E-state index contributed by atoms with van der Waals surface area (Å²) >= 11 is 0. The second-order valence-electron chi connectivity index (χ2n) is 8.87. The van der Waals surface area contributed by atoms with Gasteiger partial charge in [0.1, 0.15) is 0 Å².